The van der Waals surface area contributed by atoms with Gasteiger partial charge in [0.25, 0.3) is 11.8 Å². The van der Waals surface area contributed by atoms with Crippen molar-refractivity contribution in [3.8, 4) is 0 Å². The molecular weight excluding hydrogens is 1170 g/mol. The summed E-state index contributed by atoms with van der Waals surface area (Å²) in [7, 11) is 20.7. The van der Waals surface area contributed by atoms with E-state index in [4.69, 9.17) is 15.3 Å². The number of ketones is 3. The fraction of sp³-hybridized carbons (Fsp3) is 0.703. The van der Waals surface area contributed by atoms with E-state index in [1.807, 2.05) is 0 Å². The van der Waals surface area contributed by atoms with Crippen LogP contribution in [0, 0.1) is 0 Å². The molecule has 0 aromatic heterocycles. The molecule has 13 atom stereocenters. The van der Waals surface area contributed by atoms with Crippen molar-refractivity contribution < 1.29 is 86.5 Å². The third-order valence-electron chi connectivity index (χ3n) is 8.59. The van der Waals surface area contributed by atoms with Crippen molar-refractivity contribution in [1.82, 2.24) is 35.6 Å². The van der Waals surface area contributed by atoms with Gasteiger partial charge in [-0.25, -0.2) is 16.0 Å². The summed E-state index contributed by atoms with van der Waals surface area (Å²) in [4.78, 5) is 112. The van der Waals surface area contributed by atoms with Crippen molar-refractivity contribution in [3.63, 3.8) is 0 Å². The monoisotopic (exact) mass is 1250 g/mol. The molecule has 0 bridgehead atoms. The Morgan fingerprint density at radius 1 is 0.746 bits per heavy atom. The number of piperidine rings is 2. The van der Waals surface area contributed by atoms with Crippen molar-refractivity contribution in [2.24, 2.45) is 11.6 Å². The summed E-state index contributed by atoms with van der Waals surface area (Å²) in [5, 5.41) is 25.4. The molecule has 0 aliphatic carbocycles. The lowest BCUT2D eigenvalue weighted by Gasteiger charge is -2.28. The molecule has 0 saturated carbocycles. The van der Waals surface area contributed by atoms with Crippen LogP contribution in [0.1, 0.15) is 38.5 Å². The first-order valence-corrected chi connectivity index (χ1v) is 25.6. The Kier molecular flexibility index (Phi) is 51.1. The van der Waals surface area contributed by atoms with Gasteiger partial charge in [-0.2, -0.15) is 0 Å². The van der Waals surface area contributed by atoms with E-state index in [1.165, 1.54) is 49.8 Å². The van der Waals surface area contributed by atoms with Crippen molar-refractivity contribution >= 4 is 132 Å². The van der Waals surface area contributed by atoms with Crippen LogP contribution in [0.3, 0.4) is 0 Å². The third-order valence-corrected chi connectivity index (χ3v) is 12.0. The number of Topliss-reactive ketones (excluding diaryl/α,β-unsaturated/α-hetero) is 3. The Morgan fingerprint density at radius 2 is 1.15 bits per heavy atom. The Labute approximate surface area is 443 Å². The van der Waals surface area contributed by atoms with Crippen molar-refractivity contribution in [1.29, 1.82) is 0 Å². The fourth-order valence-electron chi connectivity index (χ4n) is 4.78. The van der Waals surface area contributed by atoms with Gasteiger partial charge in [-0.05, 0) is 6.42 Å². The van der Waals surface area contributed by atoms with E-state index >= 15 is 0 Å². The number of alkyl halides is 2. The highest BCUT2D eigenvalue weighted by Gasteiger charge is 2.33. The SMILES string of the molecule is C=CCC(NP)C(=O)OC.COC(=O)C(CC(=O)CBr)NP.COC(=O)C(CC(O)CBr)NP.COC(=O)C(CC1CO1)NP.CON.CON1CC(=O)CC(N)C1=O.CON1CC(=O)CC(NP)C1=O. The van der Waals surface area contributed by atoms with Gasteiger partial charge in [0.1, 0.15) is 43.0 Å². The van der Waals surface area contributed by atoms with Gasteiger partial charge in [0.15, 0.2) is 11.6 Å². The highest BCUT2D eigenvalue weighted by molar-refractivity contribution is 9.09. The number of halogens is 2. The second kappa shape index (κ2) is 47.9. The number of carbonyl (C=O) groups is 9. The van der Waals surface area contributed by atoms with Crippen LogP contribution in [0.4, 0.5) is 0 Å². The number of hydrogen-bond acceptors (Lipinski definition) is 25. The number of esters is 4. The molecule has 414 valence electrons. The minimum atomic E-state index is -0.726. The fourth-order valence-corrected chi connectivity index (χ4v) is 6.60. The summed E-state index contributed by atoms with van der Waals surface area (Å²) in [6, 6.07) is -2.75. The molecule has 10 N–H and O–H groups in total. The lowest BCUT2D eigenvalue weighted by Crippen LogP contribution is -2.51. The Hall–Kier alpha value is -1.80. The Balaban J connectivity index is -0.000000375. The largest absolute Gasteiger partial charge is 0.468 e. The van der Waals surface area contributed by atoms with Gasteiger partial charge in [-0.1, -0.05) is 84.9 Å². The Morgan fingerprint density at radius 3 is 1.52 bits per heavy atom. The van der Waals surface area contributed by atoms with Crippen LogP contribution in [0.2, 0.25) is 0 Å². The van der Waals surface area contributed by atoms with Gasteiger partial charge in [-0.3, -0.25) is 78.3 Å². The lowest BCUT2D eigenvalue weighted by atomic mass is 10.1. The van der Waals surface area contributed by atoms with Gasteiger partial charge in [-0.15, -0.1) is 6.58 Å². The van der Waals surface area contributed by atoms with E-state index in [1.54, 1.807) is 6.08 Å². The molecule has 0 aromatic rings. The van der Waals surface area contributed by atoms with Gasteiger partial charge < -0.3 is 39.4 Å². The summed E-state index contributed by atoms with van der Waals surface area (Å²) in [5.74, 6) is 2.39. The number of aliphatic hydroxyl groups is 1. The number of methoxy groups -OCH3 is 4. The van der Waals surface area contributed by atoms with Crippen LogP contribution >= 0.6 is 78.8 Å². The van der Waals surface area contributed by atoms with E-state index < -0.39 is 36.2 Å². The van der Waals surface area contributed by atoms with Crippen LogP contribution < -0.4 is 37.1 Å². The molecule has 2 amide bonds. The number of rotatable bonds is 21. The molecule has 13 unspecified atom stereocenters. The average Bonchev–Trinajstić information content (AvgIpc) is 4.21. The molecule has 3 rings (SSSR count). The molecule has 0 aromatic carbocycles. The van der Waals surface area contributed by atoms with Crippen molar-refractivity contribution in [3.05, 3.63) is 12.7 Å². The standard InChI is InChI=1S/C6H13BrNO3P.C6H11BrNO3P.C6H11N2O3P.C6H10N2O3.C6H12NO3P.C6H12NO2P.CH5NO/c2*1-11-6(10)5(8-12)2-4(9)3-7;1-11-8-3-4(9)2-5(7-12)6(8)10;1-11-8-3-4(9)2-5(7)6(8)10;1-9-6(8)5(7-11)2-4-3-10-4;1-3-4-5(7-10)6(8)9-2;1-3-2/h4-5,8-9H,2-3,12H2,1H3;5,8H,2-3,12H2,1H3;5,7H,2-3,12H2,1H3;5H,2-3,7H2,1H3;4-5,7H,2-3,11H2,1H3;3,5,7H,1,4,10H2,2H3;2H2,1H3. The van der Waals surface area contributed by atoms with Crippen LogP contribution in [0.15, 0.2) is 12.7 Å². The number of nitrogens with one attached hydrogen (secondary N) is 5. The number of amides is 2. The van der Waals surface area contributed by atoms with Crippen molar-refractivity contribution in [2.45, 2.75) is 87.0 Å². The number of nitrogens with zero attached hydrogens (tertiary/aromatic N) is 2. The predicted molar refractivity (Wildman–Crippen MR) is 284 cm³/mol. The number of carbonyl (C=O) groups excluding carboxylic acids is 9. The van der Waals surface area contributed by atoms with Gasteiger partial charge in [0.05, 0.1) is 86.0 Å². The molecule has 3 aliphatic rings. The maximum Gasteiger partial charge on any atom is 0.323 e. The van der Waals surface area contributed by atoms with E-state index in [0.29, 0.717) is 24.6 Å². The number of hydrogen-bond donors (Lipinski definition) is 8. The average molecular weight is 1250 g/mol. The summed E-state index contributed by atoms with van der Waals surface area (Å²) >= 11 is 6.11. The number of epoxide rings is 1. The smallest absolute Gasteiger partial charge is 0.323 e. The van der Waals surface area contributed by atoms with Crippen LogP contribution in [-0.4, -0.2) is 197 Å². The van der Waals surface area contributed by atoms with Crippen molar-refractivity contribution in [2.75, 3.05) is 80.1 Å². The number of hydroxylamine groups is 4. The molecule has 3 saturated heterocycles. The third kappa shape index (κ3) is 36.7. The van der Waals surface area contributed by atoms with Crippen LogP contribution in [0.5, 0.6) is 0 Å². The minimum Gasteiger partial charge on any atom is -0.468 e. The molecule has 3 heterocycles. The molecule has 0 radical (unpaired) electrons. The maximum absolute atomic E-state index is 11.3. The molecular formula is C37H74Br2N9O18P5. The quantitative estimate of drug-likeness (QED) is 0.0115. The van der Waals surface area contributed by atoms with Crippen LogP contribution in [0.25, 0.3) is 0 Å². The zero-order valence-corrected chi connectivity index (χ0v) is 49.7. The normalized spacial score (nSPS) is 18.6. The van der Waals surface area contributed by atoms with Gasteiger partial charge >= 0.3 is 23.9 Å². The number of nitrogens with two attached hydrogens (primary N) is 2. The first-order chi connectivity index (χ1) is 33.6. The molecule has 27 nitrogen and oxygen atoms in total. The zero-order valence-electron chi connectivity index (χ0n) is 40.8. The number of aliphatic hydroxyl groups excluding tert-OH is 1. The molecule has 3 aliphatic heterocycles. The molecule has 3 fully saturated rings. The Bertz CT molecular complexity index is 1570. The zero-order chi connectivity index (χ0) is 55.6. The lowest BCUT2D eigenvalue weighted by molar-refractivity contribution is -0.185. The first-order valence-electron chi connectivity index (χ1n) is 20.5. The topological polar surface area (TPSA) is 370 Å². The van der Waals surface area contributed by atoms with E-state index in [2.05, 4.69) is 145 Å². The summed E-state index contributed by atoms with van der Waals surface area (Å²) in [6.07, 6.45) is 3.48. The van der Waals surface area contributed by atoms with E-state index in [0.717, 1.165) is 16.7 Å². The molecule has 34 heteroatoms. The minimum absolute atomic E-state index is 0.00333. The second-order valence-corrected chi connectivity index (χ2v) is 16.6. The highest BCUT2D eigenvalue weighted by Crippen LogP contribution is 2.17. The summed E-state index contributed by atoms with van der Waals surface area (Å²) in [6.45, 7) is 4.34. The predicted octanol–water partition coefficient (Wildman–Crippen LogP) is -2.22. The number of ether oxygens (including phenoxy) is 5. The molecule has 0 spiro atoms. The first kappa shape index (κ1) is 75.7. The van der Waals surface area contributed by atoms with Crippen LogP contribution in [-0.2, 0) is 81.3 Å². The summed E-state index contributed by atoms with van der Waals surface area (Å²) < 4.78 is 23.0. The highest BCUT2D eigenvalue weighted by atomic mass is 79.9. The second-order valence-electron chi connectivity index (χ2n) is 13.8. The van der Waals surface area contributed by atoms with Gasteiger partial charge in [0, 0.05) is 37.4 Å². The van der Waals surface area contributed by atoms with E-state index in [9.17, 15) is 48.3 Å². The van der Waals surface area contributed by atoms with Gasteiger partial charge in [0.2, 0.25) is 0 Å². The maximum atomic E-state index is 11.3. The summed E-state index contributed by atoms with van der Waals surface area (Å²) in [5.41, 5.74) is 5.34. The molecule has 71 heavy (non-hydrogen) atoms. The van der Waals surface area contributed by atoms with E-state index in [-0.39, 0.29) is 103 Å².